The van der Waals surface area contributed by atoms with Gasteiger partial charge in [-0.1, -0.05) is 13.8 Å². The number of aliphatic hydroxyl groups excluding tert-OH is 5. The molecule has 6 N–H and O–H groups in total. The maximum atomic E-state index is 11.9. The van der Waals surface area contributed by atoms with Crippen molar-refractivity contribution in [1.82, 2.24) is 5.32 Å². The molecule has 25 heavy (non-hydrogen) atoms. The van der Waals surface area contributed by atoms with Crippen molar-refractivity contribution in [3.05, 3.63) is 0 Å². The van der Waals surface area contributed by atoms with Crippen molar-refractivity contribution in [3.8, 4) is 0 Å². The highest BCUT2D eigenvalue weighted by molar-refractivity contribution is 5.76. The summed E-state index contributed by atoms with van der Waals surface area (Å²) in [6.45, 7) is 3.61. The largest absolute Gasteiger partial charge is 0.393 e. The molecule has 1 amide bonds. The van der Waals surface area contributed by atoms with E-state index in [2.05, 4.69) is 5.32 Å². The molecule has 0 aromatic rings. The van der Waals surface area contributed by atoms with Gasteiger partial charge in [-0.3, -0.25) is 4.79 Å². The molecule has 1 rings (SSSR count). The predicted octanol–water partition coefficient (Wildman–Crippen LogP) is -0.945. The minimum absolute atomic E-state index is 0.0579. The Labute approximate surface area is 148 Å². The monoisotopic (exact) mass is 363 g/mol. The summed E-state index contributed by atoms with van der Waals surface area (Å²) < 4.78 is 5.61. The fraction of sp³-hybridized carbons (Fsp3) is 0.941. The standard InChI is InChI=1S/C17H33NO7/c1-3-5-15(22)18-11(13(21)8-10(19)4-2)9-25-14-7-6-12(20)16(23)17(14)24/h10-14,16-17,19-21,23-24H,3-9H2,1-2H3,(H,18,22). The SMILES string of the molecule is CCCC(=O)NC(COC1CCC(O)C(O)C1O)C(O)CC(O)CC. The summed E-state index contributed by atoms with van der Waals surface area (Å²) in [7, 11) is 0. The van der Waals surface area contributed by atoms with Crippen LogP contribution in [0.3, 0.4) is 0 Å². The van der Waals surface area contributed by atoms with Crippen LogP contribution < -0.4 is 5.32 Å². The number of amides is 1. The lowest BCUT2D eigenvalue weighted by Crippen LogP contribution is -2.53. The predicted molar refractivity (Wildman–Crippen MR) is 90.8 cm³/mol. The van der Waals surface area contributed by atoms with Gasteiger partial charge in [-0.2, -0.15) is 0 Å². The van der Waals surface area contributed by atoms with Crippen LogP contribution in [0.2, 0.25) is 0 Å². The molecule has 0 spiro atoms. The molecule has 0 aliphatic heterocycles. The van der Waals surface area contributed by atoms with Crippen LogP contribution in [0.5, 0.6) is 0 Å². The molecule has 7 atom stereocenters. The Balaban J connectivity index is 2.64. The van der Waals surface area contributed by atoms with Crippen molar-refractivity contribution in [2.45, 2.75) is 95.0 Å². The van der Waals surface area contributed by atoms with E-state index in [1.807, 2.05) is 6.92 Å². The van der Waals surface area contributed by atoms with E-state index in [1.54, 1.807) is 6.92 Å². The Hall–Kier alpha value is -0.770. The minimum Gasteiger partial charge on any atom is -0.393 e. The van der Waals surface area contributed by atoms with Crippen LogP contribution in [-0.4, -0.2) is 80.7 Å². The van der Waals surface area contributed by atoms with Gasteiger partial charge in [0.25, 0.3) is 0 Å². The Morgan fingerprint density at radius 1 is 1.16 bits per heavy atom. The Morgan fingerprint density at radius 2 is 1.84 bits per heavy atom. The van der Waals surface area contributed by atoms with E-state index in [4.69, 9.17) is 4.74 Å². The number of carbonyl (C=O) groups excluding carboxylic acids is 1. The van der Waals surface area contributed by atoms with Crippen LogP contribution >= 0.6 is 0 Å². The Morgan fingerprint density at radius 3 is 2.44 bits per heavy atom. The zero-order valence-corrected chi connectivity index (χ0v) is 15.0. The van der Waals surface area contributed by atoms with Crippen molar-refractivity contribution >= 4 is 5.91 Å². The lowest BCUT2D eigenvalue weighted by Gasteiger charge is -2.36. The number of hydrogen-bond acceptors (Lipinski definition) is 7. The maximum absolute atomic E-state index is 11.9. The molecule has 1 aliphatic carbocycles. The number of aliphatic hydroxyl groups is 5. The van der Waals surface area contributed by atoms with E-state index in [1.165, 1.54) is 0 Å². The molecule has 7 unspecified atom stereocenters. The summed E-state index contributed by atoms with van der Waals surface area (Å²) in [6.07, 6.45) is -3.63. The average Bonchev–Trinajstić information content (AvgIpc) is 2.57. The number of nitrogens with one attached hydrogen (secondary N) is 1. The number of carbonyl (C=O) groups is 1. The van der Waals surface area contributed by atoms with Gasteiger partial charge < -0.3 is 35.6 Å². The van der Waals surface area contributed by atoms with E-state index in [0.717, 1.165) is 0 Å². The molecule has 8 nitrogen and oxygen atoms in total. The molecule has 0 saturated heterocycles. The van der Waals surface area contributed by atoms with Crippen LogP contribution in [0.4, 0.5) is 0 Å². The van der Waals surface area contributed by atoms with Crippen LogP contribution in [0, 0.1) is 0 Å². The van der Waals surface area contributed by atoms with Gasteiger partial charge in [0.15, 0.2) is 0 Å². The van der Waals surface area contributed by atoms with Crippen LogP contribution in [-0.2, 0) is 9.53 Å². The second kappa shape index (κ2) is 11.1. The molecule has 148 valence electrons. The average molecular weight is 363 g/mol. The first-order valence-electron chi connectivity index (χ1n) is 9.11. The van der Waals surface area contributed by atoms with Gasteiger partial charge in [0.1, 0.15) is 12.2 Å². The lowest BCUT2D eigenvalue weighted by molar-refractivity contribution is -0.158. The summed E-state index contributed by atoms with van der Waals surface area (Å²) >= 11 is 0. The van der Waals surface area contributed by atoms with E-state index in [-0.39, 0.29) is 18.9 Å². The van der Waals surface area contributed by atoms with Crippen molar-refractivity contribution in [1.29, 1.82) is 0 Å². The van der Waals surface area contributed by atoms with Gasteiger partial charge in [0.05, 0.1) is 37.1 Å². The first kappa shape index (κ1) is 22.3. The van der Waals surface area contributed by atoms with E-state index >= 15 is 0 Å². The zero-order valence-electron chi connectivity index (χ0n) is 15.0. The Bertz CT molecular complexity index is 395. The number of ether oxygens (including phenoxy) is 1. The fourth-order valence-electron chi connectivity index (χ4n) is 2.90. The van der Waals surface area contributed by atoms with Gasteiger partial charge >= 0.3 is 0 Å². The Kier molecular flexibility index (Phi) is 9.84. The second-order valence-electron chi connectivity index (χ2n) is 6.79. The molecular weight excluding hydrogens is 330 g/mol. The molecular formula is C17H33NO7. The van der Waals surface area contributed by atoms with Gasteiger partial charge in [-0.15, -0.1) is 0 Å². The van der Waals surface area contributed by atoms with Crippen LogP contribution in [0.25, 0.3) is 0 Å². The third-order valence-electron chi connectivity index (χ3n) is 4.63. The third kappa shape index (κ3) is 7.16. The summed E-state index contributed by atoms with van der Waals surface area (Å²) in [6, 6.07) is -0.726. The van der Waals surface area contributed by atoms with E-state index in [0.29, 0.717) is 32.1 Å². The lowest BCUT2D eigenvalue weighted by atomic mass is 9.89. The van der Waals surface area contributed by atoms with Crippen molar-refractivity contribution in [3.63, 3.8) is 0 Å². The summed E-state index contributed by atoms with van der Waals surface area (Å²) in [5.74, 6) is -0.221. The van der Waals surface area contributed by atoms with Crippen LogP contribution in [0.15, 0.2) is 0 Å². The smallest absolute Gasteiger partial charge is 0.220 e. The molecule has 1 saturated carbocycles. The molecule has 0 aromatic heterocycles. The first-order chi connectivity index (χ1) is 11.8. The fourth-order valence-corrected chi connectivity index (χ4v) is 2.90. The number of hydrogen-bond donors (Lipinski definition) is 6. The highest BCUT2D eigenvalue weighted by atomic mass is 16.5. The van der Waals surface area contributed by atoms with Gasteiger partial charge in [0, 0.05) is 12.8 Å². The molecule has 0 heterocycles. The van der Waals surface area contributed by atoms with Crippen molar-refractivity contribution in [2.75, 3.05) is 6.61 Å². The zero-order chi connectivity index (χ0) is 19.0. The third-order valence-corrected chi connectivity index (χ3v) is 4.63. The minimum atomic E-state index is -1.28. The van der Waals surface area contributed by atoms with Crippen molar-refractivity contribution in [2.24, 2.45) is 0 Å². The van der Waals surface area contributed by atoms with Gasteiger partial charge in [0.2, 0.25) is 5.91 Å². The van der Waals surface area contributed by atoms with Gasteiger partial charge in [-0.05, 0) is 25.7 Å². The normalized spacial score (nSPS) is 30.5. The van der Waals surface area contributed by atoms with E-state index < -0.39 is 42.7 Å². The maximum Gasteiger partial charge on any atom is 0.220 e. The van der Waals surface area contributed by atoms with E-state index in [9.17, 15) is 30.3 Å². The molecule has 0 bridgehead atoms. The topological polar surface area (TPSA) is 139 Å². The summed E-state index contributed by atoms with van der Waals surface area (Å²) in [5, 5.41) is 52.0. The summed E-state index contributed by atoms with van der Waals surface area (Å²) in [5.41, 5.74) is 0. The molecule has 1 aliphatic rings. The van der Waals surface area contributed by atoms with Gasteiger partial charge in [-0.25, -0.2) is 0 Å². The highest BCUT2D eigenvalue weighted by Gasteiger charge is 2.37. The second-order valence-corrected chi connectivity index (χ2v) is 6.79. The molecule has 0 radical (unpaired) electrons. The first-order valence-corrected chi connectivity index (χ1v) is 9.11. The van der Waals surface area contributed by atoms with Crippen molar-refractivity contribution < 1.29 is 35.1 Å². The molecule has 1 fully saturated rings. The number of rotatable bonds is 10. The summed E-state index contributed by atoms with van der Waals surface area (Å²) in [4.78, 5) is 11.9. The quantitative estimate of drug-likeness (QED) is 0.294. The van der Waals surface area contributed by atoms with Crippen LogP contribution in [0.1, 0.15) is 52.4 Å². The highest BCUT2D eigenvalue weighted by Crippen LogP contribution is 2.23. The molecule has 0 aromatic carbocycles. The molecule has 8 heteroatoms.